The van der Waals surface area contributed by atoms with Gasteiger partial charge in [-0.15, -0.1) is 0 Å². The second-order valence-corrected chi connectivity index (χ2v) is 6.81. The van der Waals surface area contributed by atoms with Gasteiger partial charge in [0.25, 0.3) is 0 Å². The summed E-state index contributed by atoms with van der Waals surface area (Å²) in [6, 6.07) is 16.0. The summed E-state index contributed by atoms with van der Waals surface area (Å²) in [6.07, 6.45) is 5.57. The lowest BCUT2D eigenvalue weighted by atomic mass is 10.1. The number of aryl methyl sites for hydroxylation is 1. The van der Waals surface area contributed by atoms with Crippen LogP contribution < -0.4 is 0 Å². The third kappa shape index (κ3) is 4.29. The van der Waals surface area contributed by atoms with Crippen molar-refractivity contribution in [1.29, 1.82) is 0 Å². The van der Waals surface area contributed by atoms with E-state index in [4.69, 9.17) is 18.9 Å². The van der Waals surface area contributed by atoms with Crippen molar-refractivity contribution in [1.82, 2.24) is 14.8 Å². The van der Waals surface area contributed by atoms with Crippen molar-refractivity contribution in [3.05, 3.63) is 72.1 Å². The highest BCUT2D eigenvalue weighted by molar-refractivity contribution is 5.76. The number of pyridine rings is 1. The van der Waals surface area contributed by atoms with Crippen molar-refractivity contribution < 1.29 is 13.9 Å². The van der Waals surface area contributed by atoms with E-state index >= 15 is 0 Å². The number of methoxy groups -OCH3 is 2. The van der Waals surface area contributed by atoms with Crippen molar-refractivity contribution >= 4 is 17.2 Å². The van der Waals surface area contributed by atoms with Crippen molar-refractivity contribution in [2.75, 3.05) is 20.8 Å². The molecule has 0 N–H and O–H groups in total. The summed E-state index contributed by atoms with van der Waals surface area (Å²) in [4.78, 5) is 4.69. The Hall–Kier alpha value is -3.22. The van der Waals surface area contributed by atoms with Gasteiger partial charge in [0, 0.05) is 32.0 Å². The van der Waals surface area contributed by atoms with Crippen molar-refractivity contribution in [2.45, 2.75) is 13.0 Å². The zero-order chi connectivity index (χ0) is 20.2. The molecule has 4 rings (SSSR count). The fourth-order valence-corrected chi connectivity index (χ4v) is 3.12. The highest BCUT2D eigenvalue weighted by Gasteiger charge is 2.09. The predicted octanol–water partition coefficient (Wildman–Crippen LogP) is 4.66. The third-order valence-corrected chi connectivity index (χ3v) is 4.62. The number of hydrogen-bond acceptors (Lipinski definition) is 5. The van der Waals surface area contributed by atoms with Crippen LogP contribution in [0.2, 0.25) is 0 Å². The number of nitrogens with zero attached hydrogens (tertiary/aromatic N) is 3. The van der Waals surface area contributed by atoms with E-state index in [0.29, 0.717) is 12.4 Å². The normalized spacial score (nSPS) is 12.8. The van der Waals surface area contributed by atoms with Gasteiger partial charge >= 0.3 is 0 Å². The molecule has 3 heterocycles. The van der Waals surface area contributed by atoms with E-state index in [2.05, 4.69) is 30.2 Å². The lowest BCUT2D eigenvalue weighted by molar-refractivity contribution is 0.0576. The van der Waals surface area contributed by atoms with Gasteiger partial charge in [0.1, 0.15) is 11.3 Å². The molecule has 3 aromatic heterocycles. The highest BCUT2D eigenvalue weighted by atomic mass is 16.5. The summed E-state index contributed by atoms with van der Waals surface area (Å²) in [5.74, 6) is 1.45. The second-order valence-electron chi connectivity index (χ2n) is 6.81. The van der Waals surface area contributed by atoms with E-state index in [9.17, 15) is 0 Å². The van der Waals surface area contributed by atoms with E-state index in [0.717, 1.165) is 28.2 Å². The molecule has 6 nitrogen and oxygen atoms in total. The number of benzene rings is 1. The summed E-state index contributed by atoms with van der Waals surface area (Å²) in [7, 11) is 3.29. The van der Waals surface area contributed by atoms with Crippen LogP contribution in [0.25, 0.3) is 34.3 Å². The van der Waals surface area contributed by atoms with Gasteiger partial charge in [0.05, 0.1) is 18.4 Å². The number of ether oxygens (including phenoxy) is 2. The highest BCUT2D eigenvalue weighted by Crippen LogP contribution is 2.22. The van der Waals surface area contributed by atoms with E-state index in [-0.39, 0.29) is 6.10 Å². The van der Waals surface area contributed by atoms with Crippen LogP contribution in [0.5, 0.6) is 0 Å². The van der Waals surface area contributed by atoms with Gasteiger partial charge < -0.3 is 13.9 Å². The topological polar surface area (TPSA) is 62.3 Å². The Balaban J connectivity index is 1.59. The van der Waals surface area contributed by atoms with Gasteiger partial charge in [-0.3, -0.25) is 0 Å². The molecule has 29 heavy (non-hydrogen) atoms. The van der Waals surface area contributed by atoms with Crippen molar-refractivity contribution in [2.24, 2.45) is 0 Å². The predicted molar refractivity (Wildman–Crippen MR) is 113 cm³/mol. The SMILES string of the molecule is COCC(/C=C/c1cc2nc(-n3ccc(-c4cccc(C)c4)n3)ccc2o1)OC. The van der Waals surface area contributed by atoms with Crippen LogP contribution in [0.15, 0.2) is 65.2 Å². The van der Waals surface area contributed by atoms with Crippen LogP contribution in [0, 0.1) is 6.92 Å². The molecule has 0 aliphatic carbocycles. The molecule has 1 atom stereocenters. The van der Waals surface area contributed by atoms with Crippen LogP contribution in [0.3, 0.4) is 0 Å². The summed E-state index contributed by atoms with van der Waals surface area (Å²) < 4.78 is 18.1. The minimum absolute atomic E-state index is 0.124. The molecule has 1 aromatic carbocycles. The summed E-state index contributed by atoms with van der Waals surface area (Å²) in [5.41, 5.74) is 4.70. The van der Waals surface area contributed by atoms with Crippen molar-refractivity contribution in [3.8, 4) is 17.1 Å². The first-order valence-corrected chi connectivity index (χ1v) is 9.40. The standard InChI is InChI=1S/C23H23N3O3/c1-16-5-4-6-17(13-16)20-11-12-26(25-20)23-10-9-22-21(24-23)14-18(29-22)7-8-19(28-3)15-27-2/h4-14,19H,15H2,1-3H3/b8-7+. The molecule has 0 spiro atoms. The van der Waals surface area contributed by atoms with Gasteiger partial charge in [0.2, 0.25) is 0 Å². The molecule has 0 aliphatic rings. The zero-order valence-corrected chi connectivity index (χ0v) is 16.7. The van der Waals surface area contributed by atoms with Gasteiger partial charge in [-0.1, -0.05) is 23.8 Å². The van der Waals surface area contributed by atoms with Gasteiger partial charge in [-0.05, 0) is 43.3 Å². The lowest BCUT2D eigenvalue weighted by Gasteiger charge is -2.07. The molecular formula is C23H23N3O3. The fourth-order valence-electron chi connectivity index (χ4n) is 3.12. The van der Waals surface area contributed by atoms with Gasteiger partial charge in [-0.2, -0.15) is 5.10 Å². The first kappa shape index (κ1) is 19.1. The summed E-state index contributed by atoms with van der Waals surface area (Å²) in [6.45, 7) is 2.56. The smallest absolute Gasteiger partial charge is 0.154 e. The molecule has 0 bridgehead atoms. The van der Waals surface area contributed by atoms with E-state index < -0.39 is 0 Å². The first-order valence-electron chi connectivity index (χ1n) is 9.40. The molecule has 0 fully saturated rings. The Morgan fingerprint density at radius 2 is 2.03 bits per heavy atom. The molecule has 0 saturated carbocycles. The molecule has 6 heteroatoms. The Kier molecular flexibility index (Phi) is 5.55. The van der Waals surface area contributed by atoms with Crippen molar-refractivity contribution in [3.63, 3.8) is 0 Å². The monoisotopic (exact) mass is 389 g/mol. The largest absolute Gasteiger partial charge is 0.455 e. The van der Waals surface area contributed by atoms with Crippen LogP contribution in [-0.2, 0) is 9.47 Å². The maximum atomic E-state index is 5.84. The van der Waals surface area contributed by atoms with Crippen LogP contribution in [-0.4, -0.2) is 41.7 Å². The number of hydrogen-bond donors (Lipinski definition) is 0. The Bertz CT molecular complexity index is 1140. The molecule has 0 radical (unpaired) electrons. The first-order chi connectivity index (χ1) is 14.2. The Morgan fingerprint density at radius 3 is 2.83 bits per heavy atom. The minimum Gasteiger partial charge on any atom is -0.455 e. The summed E-state index contributed by atoms with van der Waals surface area (Å²) >= 11 is 0. The fraction of sp³-hybridized carbons (Fsp3) is 0.217. The number of aromatic nitrogens is 3. The number of furan rings is 1. The average molecular weight is 389 g/mol. The quantitative estimate of drug-likeness (QED) is 0.460. The number of fused-ring (bicyclic) bond motifs is 1. The molecular weight excluding hydrogens is 366 g/mol. The van der Waals surface area contributed by atoms with Crippen LogP contribution in [0.1, 0.15) is 11.3 Å². The number of rotatable bonds is 7. The average Bonchev–Trinajstić information content (AvgIpc) is 3.37. The molecule has 148 valence electrons. The van der Waals surface area contributed by atoms with Crippen LogP contribution >= 0.6 is 0 Å². The maximum absolute atomic E-state index is 5.84. The lowest BCUT2D eigenvalue weighted by Crippen LogP contribution is -2.13. The second kappa shape index (κ2) is 8.43. The molecule has 0 amide bonds. The molecule has 4 aromatic rings. The molecule has 0 saturated heterocycles. The Morgan fingerprint density at radius 1 is 1.14 bits per heavy atom. The van der Waals surface area contributed by atoms with Gasteiger partial charge in [0.15, 0.2) is 11.4 Å². The minimum atomic E-state index is -0.124. The zero-order valence-electron chi connectivity index (χ0n) is 16.7. The van der Waals surface area contributed by atoms with E-state index in [1.54, 1.807) is 18.9 Å². The van der Waals surface area contributed by atoms with E-state index in [1.165, 1.54) is 5.56 Å². The molecule has 1 unspecified atom stereocenters. The third-order valence-electron chi connectivity index (χ3n) is 4.62. The molecule has 0 aliphatic heterocycles. The summed E-state index contributed by atoms with van der Waals surface area (Å²) in [5, 5.41) is 4.68. The van der Waals surface area contributed by atoms with Gasteiger partial charge in [-0.25, -0.2) is 9.67 Å². The van der Waals surface area contributed by atoms with E-state index in [1.807, 2.05) is 48.7 Å². The van der Waals surface area contributed by atoms with Crippen LogP contribution in [0.4, 0.5) is 0 Å². The maximum Gasteiger partial charge on any atom is 0.154 e. The Labute approximate surface area is 169 Å².